The number of benzene rings is 1. The molecule has 1 aromatic carbocycles. The van der Waals surface area contributed by atoms with Crippen LogP contribution in [-0.2, 0) is 0 Å². The predicted octanol–water partition coefficient (Wildman–Crippen LogP) is 3.69. The van der Waals surface area contributed by atoms with Gasteiger partial charge in [-0.05, 0) is 32.0 Å². The van der Waals surface area contributed by atoms with Crippen molar-refractivity contribution in [3.8, 4) is 5.69 Å². The summed E-state index contributed by atoms with van der Waals surface area (Å²) in [4.78, 5) is 3.32. The summed E-state index contributed by atoms with van der Waals surface area (Å²) in [6, 6.07) is 7.31. The molecule has 1 aromatic heterocycles. The van der Waals surface area contributed by atoms with Gasteiger partial charge in [0.05, 0.1) is 18.0 Å². The van der Waals surface area contributed by atoms with Crippen molar-refractivity contribution in [1.82, 2.24) is 9.78 Å². The maximum atomic E-state index is 6.92. The minimum atomic E-state index is 0.458. The van der Waals surface area contributed by atoms with Crippen LogP contribution < -0.4 is 0 Å². The molecule has 2 aromatic rings. The molecule has 0 aliphatic carbocycles. The van der Waals surface area contributed by atoms with Crippen molar-refractivity contribution >= 4 is 17.3 Å². The zero-order chi connectivity index (χ0) is 11.7. The van der Waals surface area contributed by atoms with Gasteiger partial charge in [0.25, 0.3) is 0 Å². The summed E-state index contributed by atoms with van der Waals surface area (Å²) in [5.74, 6) is 0. The number of aryl methyl sites for hydroxylation is 2. The molecule has 0 amide bonds. The smallest absolute Gasteiger partial charge is 0.205 e. The topological polar surface area (TPSA) is 22.2 Å². The first-order chi connectivity index (χ1) is 7.61. The van der Waals surface area contributed by atoms with Gasteiger partial charge in [-0.15, -0.1) is 0 Å². The molecule has 0 unspecified atom stereocenters. The fourth-order valence-corrected chi connectivity index (χ4v) is 1.83. The lowest BCUT2D eigenvalue weighted by molar-refractivity contribution is 0.834. The van der Waals surface area contributed by atoms with Gasteiger partial charge in [-0.3, -0.25) is 0 Å². The molecular weight excluding hydrogens is 222 g/mol. The van der Waals surface area contributed by atoms with E-state index in [9.17, 15) is 0 Å². The highest BCUT2D eigenvalue weighted by Crippen LogP contribution is 2.27. The molecule has 0 atom stereocenters. The average Bonchev–Trinajstić information content (AvgIpc) is 2.58. The Kier molecular flexibility index (Phi) is 2.67. The second-order valence-electron chi connectivity index (χ2n) is 3.59. The van der Waals surface area contributed by atoms with Crippen molar-refractivity contribution in [1.29, 1.82) is 0 Å². The lowest BCUT2D eigenvalue weighted by Crippen LogP contribution is -1.98. The fourth-order valence-electron chi connectivity index (χ4n) is 1.61. The number of aromatic nitrogens is 2. The number of hydrogen-bond donors (Lipinski definition) is 0. The Morgan fingerprint density at radius 2 is 2.06 bits per heavy atom. The van der Waals surface area contributed by atoms with Gasteiger partial charge in [-0.1, -0.05) is 17.7 Å². The molecule has 1 heterocycles. The van der Waals surface area contributed by atoms with E-state index in [-0.39, 0.29) is 0 Å². The average molecular weight is 232 g/mol. The highest BCUT2D eigenvalue weighted by Gasteiger charge is 2.06. The lowest BCUT2D eigenvalue weighted by atomic mass is 10.3. The minimum Gasteiger partial charge on any atom is -0.238 e. The Morgan fingerprint density at radius 1 is 1.31 bits per heavy atom. The first-order valence-corrected chi connectivity index (χ1v) is 5.20. The van der Waals surface area contributed by atoms with Crippen LogP contribution in [-0.4, -0.2) is 9.78 Å². The SMILES string of the molecule is [C-]#[N+]c1ccc(-n2nc(C)cc2C)cc1Cl. The largest absolute Gasteiger partial charge is 0.238 e. The summed E-state index contributed by atoms with van der Waals surface area (Å²) < 4.78 is 1.81. The van der Waals surface area contributed by atoms with Gasteiger partial charge in [-0.2, -0.15) is 5.10 Å². The highest BCUT2D eigenvalue weighted by atomic mass is 35.5. The van der Waals surface area contributed by atoms with Crippen LogP contribution in [0.15, 0.2) is 24.3 Å². The Balaban J connectivity index is 2.54. The van der Waals surface area contributed by atoms with Crippen LogP contribution in [0.25, 0.3) is 10.5 Å². The quantitative estimate of drug-likeness (QED) is 0.686. The maximum Gasteiger partial charge on any atom is 0.205 e. The summed E-state index contributed by atoms with van der Waals surface area (Å²) in [6.07, 6.45) is 0. The zero-order valence-electron chi connectivity index (χ0n) is 9.03. The van der Waals surface area contributed by atoms with Crippen LogP contribution in [0.5, 0.6) is 0 Å². The Labute approximate surface area is 99.1 Å². The molecule has 0 fully saturated rings. The number of hydrogen-bond acceptors (Lipinski definition) is 1. The van der Waals surface area contributed by atoms with Crippen LogP contribution in [0.4, 0.5) is 5.69 Å². The molecule has 0 bridgehead atoms. The molecule has 2 rings (SSSR count). The molecule has 16 heavy (non-hydrogen) atoms. The molecule has 0 spiro atoms. The number of halogens is 1. The van der Waals surface area contributed by atoms with Crippen LogP contribution in [0.3, 0.4) is 0 Å². The van der Waals surface area contributed by atoms with Crippen molar-refractivity contribution in [2.24, 2.45) is 0 Å². The first-order valence-electron chi connectivity index (χ1n) is 4.82. The molecule has 0 saturated heterocycles. The second kappa shape index (κ2) is 3.99. The van der Waals surface area contributed by atoms with Gasteiger partial charge in [0.1, 0.15) is 0 Å². The molecule has 0 saturated carbocycles. The van der Waals surface area contributed by atoms with Crippen molar-refractivity contribution in [2.75, 3.05) is 0 Å². The monoisotopic (exact) mass is 231 g/mol. The van der Waals surface area contributed by atoms with Crippen LogP contribution in [0.1, 0.15) is 11.4 Å². The summed E-state index contributed by atoms with van der Waals surface area (Å²) in [7, 11) is 0. The molecule has 3 nitrogen and oxygen atoms in total. The number of rotatable bonds is 1. The van der Waals surface area contributed by atoms with Gasteiger partial charge in [0.2, 0.25) is 5.69 Å². The zero-order valence-corrected chi connectivity index (χ0v) is 9.78. The molecule has 0 radical (unpaired) electrons. The van der Waals surface area contributed by atoms with E-state index in [0.717, 1.165) is 17.1 Å². The summed E-state index contributed by atoms with van der Waals surface area (Å²) in [5.41, 5.74) is 3.35. The molecule has 4 heteroatoms. The van der Waals surface area contributed by atoms with Gasteiger partial charge < -0.3 is 0 Å². The van der Waals surface area contributed by atoms with E-state index < -0.39 is 0 Å². The normalized spacial score (nSPS) is 10.1. The van der Waals surface area contributed by atoms with Crippen LogP contribution in [0.2, 0.25) is 5.02 Å². The maximum absolute atomic E-state index is 6.92. The van der Waals surface area contributed by atoms with E-state index in [1.165, 1.54) is 0 Å². The fraction of sp³-hybridized carbons (Fsp3) is 0.167. The molecule has 0 aliphatic rings. The third-order valence-electron chi connectivity index (χ3n) is 2.31. The van der Waals surface area contributed by atoms with E-state index in [0.29, 0.717) is 10.7 Å². The van der Waals surface area contributed by atoms with Gasteiger partial charge in [0, 0.05) is 10.7 Å². The minimum absolute atomic E-state index is 0.458. The van der Waals surface area contributed by atoms with E-state index in [1.807, 2.05) is 30.7 Å². The molecule has 80 valence electrons. The summed E-state index contributed by atoms with van der Waals surface area (Å²) >= 11 is 5.98. The van der Waals surface area contributed by atoms with Gasteiger partial charge in [-0.25, -0.2) is 9.53 Å². The Hall–Kier alpha value is -1.79. The van der Waals surface area contributed by atoms with Crippen LogP contribution >= 0.6 is 11.6 Å². The van der Waals surface area contributed by atoms with Crippen molar-refractivity contribution in [3.05, 3.63) is 52.1 Å². The molecular formula is C12H10ClN3. The third-order valence-corrected chi connectivity index (χ3v) is 2.61. The molecule has 0 aliphatic heterocycles. The molecule has 0 N–H and O–H groups in total. The lowest BCUT2D eigenvalue weighted by Gasteiger charge is -2.05. The van der Waals surface area contributed by atoms with E-state index >= 15 is 0 Å². The van der Waals surface area contributed by atoms with Crippen molar-refractivity contribution in [2.45, 2.75) is 13.8 Å². The van der Waals surface area contributed by atoms with Gasteiger partial charge in [0.15, 0.2) is 0 Å². The Bertz CT molecular complexity index is 578. The summed E-state index contributed by atoms with van der Waals surface area (Å²) in [5, 5.41) is 4.82. The van der Waals surface area contributed by atoms with E-state index in [2.05, 4.69) is 9.94 Å². The third kappa shape index (κ3) is 1.80. The van der Waals surface area contributed by atoms with Crippen molar-refractivity contribution < 1.29 is 0 Å². The second-order valence-corrected chi connectivity index (χ2v) is 3.99. The van der Waals surface area contributed by atoms with E-state index in [1.54, 1.807) is 12.1 Å². The van der Waals surface area contributed by atoms with Crippen LogP contribution in [0, 0.1) is 20.4 Å². The standard InChI is InChI=1S/C12H10ClN3/c1-8-6-9(2)16(15-8)10-4-5-12(14-3)11(13)7-10/h4-7H,1-2H3. The predicted molar refractivity (Wildman–Crippen MR) is 64.3 cm³/mol. The first kappa shape index (κ1) is 10.7. The van der Waals surface area contributed by atoms with Gasteiger partial charge >= 0.3 is 0 Å². The van der Waals surface area contributed by atoms with Crippen molar-refractivity contribution in [3.63, 3.8) is 0 Å². The van der Waals surface area contributed by atoms with E-state index in [4.69, 9.17) is 18.2 Å². The summed E-state index contributed by atoms with van der Waals surface area (Å²) in [6.45, 7) is 10.9. The highest BCUT2D eigenvalue weighted by molar-refractivity contribution is 6.33. The Morgan fingerprint density at radius 3 is 2.56 bits per heavy atom. The number of nitrogens with zero attached hydrogens (tertiary/aromatic N) is 3.